The molecule has 0 aliphatic heterocycles. The summed E-state index contributed by atoms with van der Waals surface area (Å²) >= 11 is 0. The minimum atomic E-state index is -0.304. The number of hydrogen-bond donors (Lipinski definition) is 2. The first-order valence-corrected chi connectivity index (χ1v) is 6.64. The molecule has 2 aromatic rings. The van der Waals surface area contributed by atoms with Crippen LogP contribution in [0.2, 0.25) is 0 Å². The van der Waals surface area contributed by atoms with E-state index in [4.69, 9.17) is 4.42 Å². The molecular weight excluding hydrogens is 254 g/mol. The first kappa shape index (κ1) is 14.3. The maximum atomic E-state index is 12.0. The van der Waals surface area contributed by atoms with Gasteiger partial charge in [0.2, 0.25) is 5.91 Å². The minimum Gasteiger partial charge on any atom is -0.467 e. The first-order valence-electron chi connectivity index (χ1n) is 6.64. The summed E-state index contributed by atoms with van der Waals surface area (Å²) in [5.74, 6) is 0.674. The third-order valence-electron chi connectivity index (χ3n) is 3.04. The van der Waals surface area contributed by atoms with Gasteiger partial charge in [0.05, 0.1) is 24.5 Å². The molecular formula is C15H19N3O2. The van der Waals surface area contributed by atoms with E-state index in [1.807, 2.05) is 38.1 Å². The van der Waals surface area contributed by atoms with Gasteiger partial charge in [-0.2, -0.15) is 0 Å². The molecule has 5 nitrogen and oxygen atoms in total. The number of hydrogen-bond acceptors (Lipinski definition) is 4. The lowest BCUT2D eigenvalue weighted by Gasteiger charge is -2.19. The molecule has 0 aliphatic rings. The van der Waals surface area contributed by atoms with Gasteiger partial charge in [0.15, 0.2) is 0 Å². The predicted molar refractivity (Wildman–Crippen MR) is 75.8 cm³/mol. The van der Waals surface area contributed by atoms with E-state index in [1.54, 1.807) is 18.5 Å². The van der Waals surface area contributed by atoms with Crippen molar-refractivity contribution in [3.8, 4) is 0 Å². The van der Waals surface area contributed by atoms with E-state index in [2.05, 4.69) is 15.6 Å². The molecule has 0 bridgehead atoms. The fraction of sp³-hybridized carbons (Fsp3) is 0.333. The Labute approximate surface area is 118 Å². The molecule has 0 radical (unpaired) electrons. The molecule has 2 atom stereocenters. The summed E-state index contributed by atoms with van der Waals surface area (Å²) in [5.41, 5.74) is 0.915. The van der Waals surface area contributed by atoms with Crippen molar-refractivity contribution in [3.63, 3.8) is 0 Å². The average Bonchev–Trinajstić information content (AvgIpc) is 2.98. The van der Waals surface area contributed by atoms with Gasteiger partial charge < -0.3 is 9.73 Å². The van der Waals surface area contributed by atoms with Crippen molar-refractivity contribution < 1.29 is 9.21 Å². The number of aromatic nitrogens is 1. The Morgan fingerprint density at radius 3 is 2.80 bits per heavy atom. The van der Waals surface area contributed by atoms with Gasteiger partial charge in [-0.1, -0.05) is 6.07 Å². The number of rotatable bonds is 6. The number of nitrogens with zero attached hydrogens (tertiary/aromatic N) is 1. The zero-order chi connectivity index (χ0) is 14.4. The second-order valence-electron chi connectivity index (χ2n) is 4.66. The number of amides is 1. The summed E-state index contributed by atoms with van der Waals surface area (Å²) in [6.07, 6.45) is 3.33. The van der Waals surface area contributed by atoms with Crippen LogP contribution in [0.25, 0.3) is 0 Å². The van der Waals surface area contributed by atoms with Crippen LogP contribution >= 0.6 is 0 Å². The highest BCUT2D eigenvalue weighted by Crippen LogP contribution is 2.09. The number of furan rings is 1. The van der Waals surface area contributed by atoms with Gasteiger partial charge in [0.1, 0.15) is 5.76 Å². The van der Waals surface area contributed by atoms with Crippen LogP contribution < -0.4 is 10.6 Å². The van der Waals surface area contributed by atoms with Crippen molar-refractivity contribution in [2.75, 3.05) is 0 Å². The summed E-state index contributed by atoms with van der Waals surface area (Å²) in [6.45, 7) is 4.21. The minimum absolute atomic E-state index is 0.0144. The van der Waals surface area contributed by atoms with E-state index in [9.17, 15) is 4.79 Å². The van der Waals surface area contributed by atoms with Crippen molar-refractivity contribution in [1.82, 2.24) is 15.6 Å². The van der Waals surface area contributed by atoms with Crippen molar-refractivity contribution in [2.24, 2.45) is 0 Å². The van der Waals surface area contributed by atoms with Crippen LogP contribution in [-0.2, 0) is 11.3 Å². The number of nitrogens with one attached hydrogen (secondary N) is 2. The molecule has 5 heteroatoms. The Morgan fingerprint density at radius 1 is 1.30 bits per heavy atom. The normalized spacial score (nSPS) is 13.7. The molecule has 20 heavy (non-hydrogen) atoms. The highest BCUT2D eigenvalue weighted by atomic mass is 16.3. The smallest absolute Gasteiger partial charge is 0.237 e. The van der Waals surface area contributed by atoms with Gasteiger partial charge in [-0.25, -0.2) is 0 Å². The molecule has 0 aromatic carbocycles. The van der Waals surface area contributed by atoms with Crippen LogP contribution in [0.1, 0.15) is 31.3 Å². The maximum Gasteiger partial charge on any atom is 0.237 e. The molecule has 2 N–H and O–H groups in total. The van der Waals surface area contributed by atoms with Gasteiger partial charge in [-0.05, 0) is 38.1 Å². The Morgan fingerprint density at radius 2 is 2.15 bits per heavy atom. The van der Waals surface area contributed by atoms with Gasteiger partial charge >= 0.3 is 0 Å². The van der Waals surface area contributed by atoms with E-state index in [0.29, 0.717) is 6.54 Å². The zero-order valence-corrected chi connectivity index (χ0v) is 11.7. The third-order valence-corrected chi connectivity index (χ3v) is 3.04. The monoisotopic (exact) mass is 273 g/mol. The Balaban J connectivity index is 1.81. The van der Waals surface area contributed by atoms with Crippen LogP contribution in [0.5, 0.6) is 0 Å². The fourth-order valence-electron chi connectivity index (χ4n) is 1.91. The number of carbonyl (C=O) groups is 1. The van der Waals surface area contributed by atoms with Crippen molar-refractivity contribution in [1.29, 1.82) is 0 Å². The lowest BCUT2D eigenvalue weighted by Crippen LogP contribution is -2.42. The van der Waals surface area contributed by atoms with Crippen LogP contribution in [0.4, 0.5) is 0 Å². The van der Waals surface area contributed by atoms with E-state index in [-0.39, 0.29) is 18.0 Å². The summed E-state index contributed by atoms with van der Waals surface area (Å²) < 4.78 is 5.17. The average molecular weight is 273 g/mol. The van der Waals surface area contributed by atoms with Gasteiger partial charge in [-0.3, -0.25) is 15.1 Å². The standard InChI is InChI=1S/C15H19N3O2/c1-11(14-7-3-4-8-16-14)18-12(2)15(19)17-10-13-6-5-9-20-13/h3-9,11-12,18H,10H2,1-2H3,(H,17,19). The van der Waals surface area contributed by atoms with Crippen LogP contribution in [-0.4, -0.2) is 16.9 Å². The van der Waals surface area contributed by atoms with Gasteiger partial charge in [0, 0.05) is 12.2 Å². The van der Waals surface area contributed by atoms with Crippen molar-refractivity contribution >= 4 is 5.91 Å². The molecule has 0 saturated carbocycles. The molecule has 0 fully saturated rings. The lowest BCUT2D eigenvalue weighted by atomic mass is 10.2. The lowest BCUT2D eigenvalue weighted by molar-refractivity contribution is -0.123. The Hall–Kier alpha value is -2.14. The van der Waals surface area contributed by atoms with E-state index < -0.39 is 0 Å². The molecule has 2 aromatic heterocycles. The maximum absolute atomic E-state index is 12.0. The Kier molecular flexibility index (Phi) is 4.90. The SMILES string of the molecule is CC(NC(C)c1ccccn1)C(=O)NCc1ccco1. The highest BCUT2D eigenvalue weighted by Gasteiger charge is 2.16. The van der Waals surface area contributed by atoms with Crippen LogP contribution in [0.3, 0.4) is 0 Å². The van der Waals surface area contributed by atoms with Crippen LogP contribution in [0.15, 0.2) is 47.2 Å². The second kappa shape index (κ2) is 6.86. The molecule has 1 amide bonds. The first-order chi connectivity index (χ1) is 9.66. The van der Waals surface area contributed by atoms with E-state index in [0.717, 1.165) is 11.5 Å². The topological polar surface area (TPSA) is 67.2 Å². The molecule has 0 spiro atoms. The third kappa shape index (κ3) is 3.93. The fourth-order valence-corrected chi connectivity index (χ4v) is 1.91. The molecule has 0 saturated heterocycles. The van der Waals surface area contributed by atoms with Gasteiger partial charge in [-0.15, -0.1) is 0 Å². The summed E-state index contributed by atoms with van der Waals surface area (Å²) in [5, 5.41) is 6.05. The predicted octanol–water partition coefficient (Wildman–Crippen LogP) is 2.03. The van der Waals surface area contributed by atoms with E-state index >= 15 is 0 Å². The molecule has 2 rings (SSSR count). The second-order valence-corrected chi connectivity index (χ2v) is 4.66. The molecule has 0 aliphatic carbocycles. The zero-order valence-electron chi connectivity index (χ0n) is 11.7. The van der Waals surface area contributed by atoms with Crippen molar-refractivity contribution in [3.05, 3.63) is 54.2 Å². The van der Waals surface area contributed by atoms with Crippen molar-refractivity contribution in [2.45, 2.75) is 32.5 Å². The van der Waals surface area contributed by atoms with Crippen LogP contribution in [0, 0.1) is 0 Å². The summed E-state index contributed by atoms with van der Waals surface area (Å²) in [7, 11) is 0. The van der Waals surface area contributed by atoms with Gasteiger partial charge in [0.25, 0.3) is 0 Å². The highest BCUT2D eigenvalue weighted by molar-refractivity contribution is 5.81. The molecule has 2 unspecified atom stereocenters. The number of carbonyl (C=O) groups excluding carboxylic acids is 1. The molecule has 2 heterocycles. The largest absolute Gasteiger partial charge is 0.467 e. The molecule has 106 valence electrons. The Bertz CT molecular complexity index is 525. The summed E-state index contributed by atoms with van der Waals surface area (Å²) in [6, 6.07) is 9.08. The van der Waals surface area contributed by atoms with E-state index in [1.165, 1.54) is 0 Å². The summed E-state index contributed by atoms with van der Waals surface area (Å²) in [4.78, 5) is 16.2. The number of pyridine rings is 1. The quantitative estimate of drug-likeness (QED) is 0.845.